The third kappa shape index (κ3) is 8.09. The molecule has 0 aliphatic rings. The van der Waals surface area contributed by atoms with Gasteiger partial charge in [0.1, 0.15) is 12.6 Å². The van der Waals surface area contributed by atoms with Gasteiger partial charge < -0.3 is 20.5 Å². The Labute approximate surface area is 173 Å². The number of alkyl carbamates (subject to hydrolysis) is 1. The Hall–Kier alpha value is -2.64. The van der Waals surface area contributed by atoms with E-state index in [1.807, 2.05) is 60.7 Å². The number of nitrogens with one attached hydrogen (secondary N) is 1. The number of amides is 1. The lowest BCUT2D eigenvalue weighted by molar-refractivity contribution is -0.146. The maximum Gasteiger partial charge on any atom is 0.408 e. The number of hydrogen-bond acceptors (Lipinski definition) is 5. The Morgan fingerprint density at radius 1 is 0.966 bits per heavy atom. The second-order valence-corrected chi connectivity index (χ2v) is 13.7. The molecule has 2 aromatic rings. The van der Waals surface area contributed by atoms with E-state index in [-0.39, 0.29) is 6.61 Å². The monoisotopic (exact) mass is 414 g/mol. The van der Waals surface area contributed by atoms with Crippen molar-refractivity contribution in [2.24, 2.45) is 5.73 Å². The summed E-state index contributed by atoms with van der Waals surface area (Å²) < 4.78 is 10.7. The lowest BCUT2D eigenvalue weighted by atomic mass is 10.0. The zero-order valence-corrected chi connectivity index (χ0v) is 18.3. The van der Waals surface area contributed by atoms with E-state index in [1.54, 1.807) is 0 Å². The minimum atomic E-state index is -1.35. The molecule has 157 valence electrons. The van der Waals surface area contributed by atoms with Crippen molar-refractivity contribution in [3.8, 4) is 0 Å². The summed E-state index contributed by atoms with van der Waals surface area (Å²) in [4.78, 5) is 25.0. The van der Waals surface area contributed by atoms with Gasteiger partial charge in [0.25, 0.3) is 0 Å². The van der Waals surface area contributed by atoms with Crippen LogP contribution >= 0.6 is 0 Å². The summed E-state index contributed by atoms with van der Waals surface area (Å²) in [6.45, 7) is 7.02. The van der Waals surface area contributed by atoms with Gasteiger partial charge in [0, 0.05) is 0 Å². The number of carbonyl (C=O) groups excluding carboxylic acids is 2. The fourth-order valence-corrected chi connectivity index (χ4v) is 3.32. The van der Waals surface area contributed by atoms with Crippen LogP contribution in [0.2, 0.25) is 25.7 Å². The number of hydrogen-bond donors (Lipinski definition) is 2. The van der Waals surface area contributed by atoms with Gasteiger partial charge in [-0.05, 0) is 11.1 Å². The Bertz CT molecular complexity index is 778. The fraction of sp³-hybridized carbons (Fsp3) is 0.364. The molecule has 3 N–H and O–H groups in total. The van der Waals surface area contributed by atoms with Gasteiger partial charge in [-0.3, -0.25) is 0 Å². The van der Waals surface area contributed by atoms with Crippen LogP contribution in [0.4, 0.5) is 4.79 Å². The first-order valence-corrected chi connectivity index (χ1v) is 13.4. The zero-order chi connectivity index (χ0) is 21.3. The lowest BCUT2D eigenvalue weighted by Gasteiger charge is -2.28. The molecule has 0 bridgehead atoms. The highest BCUT2D eigenvalue weighted by atomic mass is 28.3. The third-order valence-electron chi connectivity index (χ3n) is 4.38. The molecule has 0 aliphatic heterocycles. The molecule has 0 radical (unpaired) electrons. The van der Waals surface area contributed by atoms with Crippen molar-refractivity contribution in [3.05, 3.63) is 71.8 Å². The quantitative estimate of drug-likeness (QED) is 0.480. The molecule has 0 saturated heterocycles. The fourth-order valence-electron chi connectivity index (χ4n) is 2.60. The van der Waals surface area contributed by atoms with Crippen molar-refractivity contribution in [3.63, 3.8) is 0 Å². The minimum absolute atomic E-state index is 0.102. The average Bonchev–Trinajstić information content (AvgIpc) is 2.70. The normalized spacial score (nSPS) is 13.2. The number of esters is 1. The standard InChI is InChI=1S/C22H30N2O4Si/c1-29(2,3)15-14-27-21(25)20(19(23)18-12-8-5-9-13-18)24-22(26)28-16-17-10-6-4-7-11-17/h4-13,19-20H,14-16,23H2,1-3H3,(H,24,26)/q-1/t19-,20+/m1/s1. The molecule has 6 nitrogen and oxygen atoms in total. The summed E-state index contributed by atoms with van der Waals surface area (Å²) >= 11 is 0. The van der Waals surface area contributed by atoms with E-state index >= 15 is 0 Å². The summed E-state index contributed by atoms with van der Waals surface area (Å²) in [6.07, 6.45) is -0.715. The molecule has 0 unspecified atom stereocenters. The first-order chi connectivity index (χ1) is 13.8. The molecule has 0 aliphatic carbocycles. The Morgan fingerprint density at radius 3 is 2.14 bits per heavy atom. The SMILES string of the molecule is C[Si-](C)(C)CCOC(=O)[C@@H](NC(=O)OCc1ccccc1)[C@H](N)c1ccccc1. The van der Waals surface area contributed by atoms with Gasteiger partial charge >= 0.3 is 12.1 Å². The van der Waals surface area contributed by atoms with Crippen LogP contribution in [-0.2, 0) is 20.9 Å². The maximum atomic E-state index is 12.7. The van der Waals surface area contributed by atoms with Gasteiger partial charge in [-0.2, -0.15) is 19.6 Å². The summed E-state index contributed by atoms with van der Waals surface area (Å²) in [5, 5.41) is 2.58. The molecule has 7 heteroatoms. The second kappa shape index (κ2) is 10.8. The third-order valence-corrected chi connectivity index (χ3v) is 6.08. The van der Waals surface area contributed by atoms with Gasteiger partial charge in [-0.15, -0.1) is 14.1 Å². The van der Waals surface area contributed by atoms with E-state index in [9.17, 15) is 9.59 Å². The second-order valence-electron chi connectivity index (χ2n) is 8.10. The predicted molar refractivity (Wildman–Crippen MR) is 116 cm³/mol. The van der Waals surface area contributed by atoms with Crippen molar-refractivity contribution >= 4 is 20.1 Å². The van der Waals surface area contributed by atoms with E-state index in [4.69, 9.17) is 15.2 Å². The van der Waals surface area contributed by atoms with Crippen molar-refractivity contribution in [1.82, 2.24) is 5.32 Å². The number of rotatable bonds is 9. The van der Waals surface area contributed by atoms with Crippen LogP contribution in [0.5, 0.6) is 0 Å². The molecule has 2 rings (SSSR count). The van der Waals surface area contributed by atoms with E-state index in [1.165, 1.54) is 0 Å². The molecule has 2 atom stereocenters. The molecular weight excluding hydrogens is 384 g/mol. The highest BCUT2D eigenvalue weighted by Crippen LogP contribution is 2.16. The number of ether oxygens (including phenoxy) is 2. The van der Waals surface area contributed by atoms with Crippen LogP contribution in [-0.4, -0.2) is 32.8 Å². The minimum Gasteiger partial charge on any atom is -0.467 e. The van der Waals surface area contributed by atoms with Crippen LogP contribution in [0.15, 0.2) is 60.7 Å². The van der Waals surface area contributed by atoms with E-state index in [0.29, 0.717) is 6.61 Å². The van der Waals surface area contributed by atoms with Crippen LogP contribution in [0.25, 0.3) is 0 Å². The Kier molecular flexibility index (Phi) is 8.42. The van der Waals surface area contributed by atoms with Crippen molar-refractivity contribution in [1.29, 1.82) is 0 Å². The highest BCUT2D eigenvalue weighted by Gasteiger charge is 2.30. The first-order valence-electron chi connectivity index (χ1n) is 9.71. The summed E-state index contributed by atoms with van der Waals surface area (Å²) in [6, 6.07) is 17.5. The highest BCUT2D eigenvalue weighted by molar-refractivity contribution is 6.76. The van der Waals surface area contributed by atoms with Crippen molar-refractivity contribution in [2.45, 2.75) is 44.4 Å². The molecular formula is C22H30N2O4Si-. The van der Waals surface area contributed by atoms with Gasteiger partial charge in [-0.1, -0.05) is 60.7 Å². The molecule has 0 fully saturated rings. The van der Waals surface area contributed by atoms with Crippen LogP contribution in [0.3, 0.4) is 0 Å². The van der Waals surface area contributed by atoms with Crippen LogP contribution in [0, 0.1) is 0 Å². The Morgan fingerprint density at radius 2 is 1.55 bits per heavy atom. The number of nitrogens with two attached hydrogens (primary N) is 1. The van der Waals surface area contributed by atoms with Crippen LogP contribution in [0.1, 0.15) is 17.2 Å². The van der Waals surface area contributed by atoms with Crippen molar-refractivity contribution < 1.29 is 19.1 Å². The molecule has 0 spiro atoms. The molecule has 0 aromatic heterocycles. The predicted octanol–water partition coefficient (Wildman–Crippen LogP) is 3.86. The summed E-state index contributed by atoms with van der Waals surface area (Å²) in [5.74, 6) is -0.559. The summed E-state index contributed by atoms with van der Waals surface area (Å²) in [7, 11) is -1.35. The van der Waals surface area contributed by atoms with Gasteiger partial charge in [0.15, 0.2) is 0 Å². The molecule has 0 heterocycles. The van der Waals surface area contributed by atoms with E-state index in [2.05, 4.69) is 25.0 Å². The van der Waals surface area contributed by atoms with E-state index in [0.717, 1.165) is 17.2 Å². The van der Waals surface area contributed by atoms with Gasteiger partial charge in [0.05, 0.1) is 12.6 Å². The smallest absolute Gasteiger partial charge is 0.408 e. The zero-order valence-electron chi connectivity index (χ0n) is 17.3. The average molecular weight is 415 g/mol. The maximum absolute atomic E-state index is 12.7. The van der Waals surface area contributed by atoms with Gasteiger partial charge in [-0.25, -0.2) is 9.59 Å². The van der Waals surface area contributed by atoms with Crippen molar-refractivity contribution in [2.75, 3.05) is 6.61 Å². The van der Waals surface area contributed by atoms with Crippen LogP contribution < -0.4 is 11.1 Å². The number of carbonyl (C=O) groups is 2. The van der Waals surface area contributed by atoms with Gasteiger partial charge in [0.2, 0.25) is 0 Å². The Balaban J connectivity index is 2.03. The molecule has 2 aromatic carbocycles. The molecule has 0 saturated carbocycles. The lowest BCUT2D eigenvalue weighted by Crippen LogP contribution is -2.49. The topological polar surface area (TPSA) is 90.6 Å². The number of benzene rings is 2. The summed E-state index contributed by atoms with van der Waals surface area (Å²) in [5.41, 5.74) is 7.87. The molecule has 1 amide bonds. The molecule has 29 heavy (non-hydrogen) atoms. The first kappa shape index (κ1) is 22.6. The largest absolute Gasteiger partial charge is 0.467 e. The van der Waals surface area contributed by atoms with E-state index < -0.39 is 32.2 Å².